The standard InChI is InChI=1S/C15H22F3NO2/c1-4-12(19)7-11-5-6-14(21-9-10(2)20-3)13(8-11)15(16,17)18/h5-6,8,10,12H,4,7,9,19H2,1-3H3. The van der Waals surface area contributed by atoms with Crippen LogP contribution >= 0.6 is 0 Å². The molecule has 0 bridgehead atoms. The first-order chi connectivity index (χ1) is 9.77. The molecule has 2 unspecified atom stereocenters. The summed E-state index contributed by atoms with van der Waals surface area (Å²) in [6, 6.07) is 3.94. The van der Waals surface area contributed by atoms with Crippen molar-refractivity contribution in [3.8, 4) is 5.75 Å². The highest BCUT2D eigenvalue weighted by Gasteiger charge is 2.34. The lowest BCUT2D eigenvalue weighted by Crippen LogP contribution is -2.22. The molecule has 3 nitrogen and oxygen atoms in total. The van der Waals surface area contributed by atoms with Crippen LogP contribution in [0, 0.1) is 0 Å². The number of hydrogen-bond donors (Lipinski definition) is 1. The van der Waals surface area contributed by atoms with Gasteiger partial charge < -0.3 is 15.2 Å². The maximum absolute atomic E-state index is 13.1. The minimum atomic E-state index is -4.46. The van der Waals surface area contributed by atoms with Crippen molar-refractivity contribution in [3.05, 3.63) is 29.3 Å². The highest BCUT2D eigenvalue weighted by Crippen LogP contribution is 2.37. The molecule has 2 atom stereocenters. The van der Waals surface area contributed by atoms with Gasteiger partial charge in [-0.05, 0) is 37.5 Å². The molecule has 6 heteroatoms. The first-order valence-electron chi connectivity index (χ1n) is 6.89. The fourth-order valence-corrected chi connectivity index (χ4v) is 1.77. The number of halogens is 3. The van der Waals surface area contributed by atoms with Crippen LogP contribution in [0.1, 0.15) is 31.4 Å². The predicted octanol–water partition coefficient (Wildman–Crippen LogP) is 3.40. The van der Waals surface area contributed by atoms with E-state index in [0.29, 0.717) is 18.4 Å². The van der Waals surface area contributed by atoms with Crippen LogP contribution < -0.4 is 10.5 Å². The van der Waals surface area contributed by atoms with Crippen molar-refractivity contribution in [2.75, 3.05) is 13.7 Å². The summed E-state index contributed by atoms with van der Waals surface area (Å²) in [7, 11) is 1.48. The summed E-state index contributed by atoms with van der Waals surface area (Å²) in [6.45, 7) is 3.69. The molecule has 1 aromatic rings. The second kappa shape index (κ2) is 7.66. The van der Waals surface area contributed by atoms with Gasteiger partial charge in [0.05, 0.1) is 11.7 Å². The molecule has 0 aliphatic heterocycles. The molecule has 0 aliphatic rings. The van der Waals surface area contributed by atoms with E-state index in [2.05, 4.69) is 0 Å². The molecule has 0 saturated carbocycles. The minimum absolute atomic E-state index is 0.0629. The van der Waals surface area contributed by atoms with Crippen LogP contribution in [-0.2, 0) is 17.3 Å². The fraction of sp³-hybridized carbons (Fsp3) is 0.600. The highest BCUT2D eigenvalue weighted by atomic mass is 19.4. The van der Waals surface area contributed by atoms with Gasteiger partial charge in [0, 0.05) is 13.2 Å². The summed E-state index contributed by atoms with van der Waals surface area (Å²) >= 11 is 0. The zero-order valence-corrected chi connectivity index (χ0v) is 12.5. The minimum Gasteiger partial charge on any atom is -0.490 e. The number of alkyl halides is 3. The molecule has 21 heavy (non-hydrogen) atoms. The van der Waals surface area contributed by atoms with Gasteiger partial charge in [0.2, 0.25) is 0 Å². The lowest BCUT2D eigenvalue weighted by molar-refractivity contribution is -0.139. The molecule has 120 valence electrons. The molecule has 0 radical (unpaired) electrons. The first kappa shape index (κ1) is 17.8. The second-order valence-electron chi connectivity index (χ2n) is 5.06. The van der Waals surface area contributed by atoms with Crippen LogP contribution in [0.3, 0.4) is 0 Å². The monoisotopic (exact) mass is 305 g/mol. The maximum Gasteiger partial charge on any atom is 0.419 e. The van der Waals surface area contributed by atoms with E-state index in [4.69, 9.17) is 15.2 Å². The summed E-state index contributed by atoms with van der Waals surface area (Å²) in [5.74, 6) is -0.180. The summed E-state index contributed by atoms with van der Waals surface area (Å²) in [5.41, 5.74) is 5.58. The molecule has 0 saturated heterocycles. The Kier molecular flexibility index (Phi) is 6.48. The van der Waals surface area contributed by atoms with E-state index >= 15 is 0 Å². The van der Waals surface area contributed by atoms with Crippen LogP contribution in [0.15, 0.2) is 18.2 Å². The van der Waals surface area contributed by atoms with Gasteiger partial charge in [-0.15, -0.1) is 0 Å². The van der Waals surface area contributed by atoms with Crippen LogP contribution in [0.4, 0.5) is 13.2 Å². The van der Waals surface area contributed by atoms with Gasteiger partial charge in [-0.2, -0.15) is 13.2 Å². The Balaban J connectivity index is 2.97. The Morgan fingerprint density at radius 2 is 1.95 bits per heavy atom. The van der Waals surface area contributed by atoms with Crippen LogP contribution in [0.25, 0.3) is 0 Å². The Bertz CT molecular complexity index is 449. The lowest BCUT2D eigenvalue weighted by atomic mass is 10.0. The summed E-state index contributed by atoms with van der Waals surface area (Å²) in [5, 5.41) is 0. The van der Waals surface area contributed by atoms with Gasteiger partial charge in [-0.1, -0.05) is 13.0 Å². The van der Waals surface area contributed by atoms with Crippen molar-refractivity contribution in [2.45, 2.75) is 45.0 Å². The third kappa shape index (κ3) is 5.55. The number of nitrogens with two attached hydrogens (primary N) is 1. The molecule has 0 spiro atoms. The zero-order chi connectivity index (χ0) is 16.0. The van der Waals surface area contributed by atoms with Gasteiger partial charge in [0.25, 0.3) is 0 Å². The first-order valence-corrected chi connectivity index (χ1v) is 6.89. The van der Waals surface area contributed by atoms with Crippen LogP contribution in [0.5, 0.6) is 5.75 Å². The summed E-state index contributed by atoms with van der Waals surface area (Å²) in [6.07, 6.45) is -3.61. The van der Waals surface area contributed by atoms with Gasteiger partial charge in [0.15, 0.2) is 0 Å². The van der Waals surface area contributed by atoms with Crippen molar-refractivity contribution < 1.29 is 22.6 Å². The van der Waals surface area contributed by atoms with E-state index in [-0.39, 0.29) is 24.5 Å². The molecule has 0 amide bonds. The van der Waals surface area contributed by atoms with E-state index in [1.54, 1.807) is 13.0 Å². The van der Waals surface area contributed by atoms with Gasteiger partial charge >= 0.3 is 6.18 Å². The molecule has 1 aromatic carbocycles. The average Bonchev–Trinajstić information content (AvgIpc) is 2.44. The number of methoxy groups -OCH3 is 1. The van der Waals surface area contributed by atoms with Crippen LogP contribution in [-0.4, -0.2) is 25.9 Å². The number of ether oxygens (including phenoxy) is 2. The van der Waals surface area contributed by atoms with Crippen molar-refractivity contribution in [1.82, 2.24) is 0 Å². The largest absolute Gasteiger partial charge is 0.490 e. The fourth-order valence-electron chi connectivity index (χ4n) is 1.77. The van der Waals surface area contributed by atoms with Crippen LogP contribution in [0.2, 0.25) is 0 Å². The third-order valence-electron chi connectivity index (χ3n) is 3.25. The van der Waals surface area contributed by atoms with E-state index in [1.165, 1.54) is 13.2 Å². The molecule has 1 rings (SSSR count). The Morgan fingerprint density at radius 3 is 2.48 bits per heavy atom. The normalized spacial score (nSPS) is 14.8. The second-order valence-corrected chi connectivity index (χ2v) is 5.06. The van der Waals surface area contributed by atoms with Crippen molar-refractivity contribution in [1.29, 1.82) is 0 Å². The molecule has 0 aromatic heterocycles. The van der Waals surface area contributed by atoms with E-state index < -0.39 is 11.7 Å². The summed E-state index contributed by atoms with van der Waals surface area (Å²) in [4.78, 5) is 0. The topological polar surface area (TPSA) is 44.5 Å². The molecule has 0 aliphatic carbocycles. The lowest BCUT2D eigenvalue weighted by Gasteiger charge is -2.18. The Morgan fingerprint density at radius 1 is 1.29 bits per heavy atom. The van der Waals surface area contributed by atoms with Gasteiger partial charge in [0.1, 0.15) is 12.4 Å². The van der Waals surface area contributed by atoms with E-state index in [9.17, 15) is 13.2 Å². The van der Waals surface area contributed by atoms with Crippen molar-refractivity contribution in [2.24, 2.45) is 5.73 Å². The van der Waals surface area contributed by atoms with Crippen molar-refractivity contribution in [3.63, 3.8) is 0 Å². The summed E-state index contributed by atoms with van der Waals surface area (Å²) < 4.78 is 49.5. The molecule has 0 fully saturated rings. The Labute approximate surface area is 123 Å². The number of hydrogen-bond acceptors (Lipinski definition) is 3. The molecular formula is C15H22F3NO2. The van der Waals surface area contributed by atoms with Gasteiger partial charge in [-0.3, -0.25) is 0 Å². The molecular weight excluding hydrogens is 283 g/mol. The Hall–Kier alpha value is -1.27. The van der Waals surface area contributed by atoms with E-state index in [0.717, 1.165) is 6.07 Å². The predicted molar refractivity (Wildman–Crippen MR) is 75.4 cm³/mol. The number of benzene rings is 1. The smallest absolute Gasteiger partial charge is 0.419 e. The van der Waals surface area contributed by atoms with E-state index in [1.807, 2.05) is 6.92 Å². The SMILES string of the molecule is CCC(N)Cc1ccc(OCC(C)OC)c(C(F)(F)F)c1. The quantitative estimate of drug-likeness (QED) is 0.839. The average molecular weight is 305 g/mol. The van der Waals surface area contributed by atoms with Gasteiger partial charge in [-0.25, -0.2) is 0 Å². The molecule has 2 N–H and O–H groups in total. The maximum atomic E-state index is 13.1. The van der Waals surface area contributed by atoms with Crippen molar-refractivity contribution >= 4 is 0 Å². The highest BCUT2D eigenvalue weighted by molar-refractivity contribution is 5.39. The molecule has 0 heterocycles. The zero-order valence-electron chi connectivity index (χ0n) is 12.5. The number of rotatable bonds is 7. The third-order valence-corrected chi connectivity index (χ3v) is 3.25.